The number of carbonyl (C=O) groups excluding carboxylic acids is 1. The highest BCUT2D eigenvalue weighted by Crippen LogP contribution is 2.28. The molecule has 4 rings (SSSR count). The molecule has 0 bridgehead atoms. The Morgan fingerprint density at radius 3 is 2.68 bits per heavy atom. The molecule has 2 aromatic heterocycles. The molecular weight excluding hydrogens is 470 g/mol. The number of para-hydroxylation sites is 3. The van der Waals surface area contributed by atoms with Crippen LogP contribution >= 0.6 is 23.4 Å². The summed E-state index contributed by atoms with van der Waals surface area (Å²) >= 11 is 7.76. The Labute approximate surface area is 207 Å². The molecule has 1 atom stereocenters. The minimum atomic E-state index is -0.943. The minimum absolute atomic E-state index is 0.0326. The van der Waals surface area contributed by atoms with E-state index in [1.165, 1.54) is 11.8 Å². The molecule has 0 aliphatic heterocycles. The Balaban J connectivity index is 1.63. The van der Waals surface area contributed by atoms with E-state index >= 15 is 0 Å². The third-order valence-electron chi connectivity index (χ3n) is 5.75. The summed E-state index contributed by atoms with van der Waals surface area (Å²) in [5.74, 6) is 0.456. The van der Waals surface area contributed by atoms with Crippen LogP contribution in [0.15, 0.2) is 60.0 Å². The lowest BCUT2D eigenvalue weighted by Crippen LogP contribution is -2.49. The van der Waals surface area contributed by atoms with Crippen molar-refractivity contribution in [1.29, 1.82) is 5.26 Å². The lowest BCUT2D eigenvalue weighted by Gasteiger charge is -2.27. The second-order valence-corrected chi connectivity index (χ2v) is 9.70. The number of amides is 1. The van der Waals surface area contributed by atoms with Crippen molar-refractivity contribution in [1.82, 2.24) is 29.6 Å². The van der Waals surface area contributed by atoms with E-state index in [-0.39, 0.29) is 17.6 Å². The highest BCUT2D eigenvalue weighted by molar-refractivity contribution is 7.99. The van der Waals surface area contributed by atoms with Gasteiger partial charge in [0.05, 0.1) is 46.4 Å². The number of nitrogens with one attached hydrogen (secondary N) is 1. The molecule has 1 N–H and O–H groups in total. The lowest BCUT2D eigenvalue weighted by molar-refractivity contribution is -0.120. The summed E-state index contributed by atoms with van der Waals surface area (Å²) in [6.45, 7) is 5.94. The number of hydrogen-bond donors (Lipinski definition) is 1. The number of imidazole rings is 1. The first kappa shape index (κ1) is 23.8. The van der Waals surface area contributed by atoms with Crippen LogP contribution < -0.4 is 5.32 Å². The first-order chi connectivity index (χ1) is 16.3. The molecule has 174 valence electrons. The van der Waals surface area contributed by atoms with Crippen LogP contribution in [0.2, 0.25) is 5.02 Å². The van der Waals surface area contributed by atoms with Gasteiger partial charge in [0.15, 0.2) is 11.0 Å². The predicted octanol–water partition coefficient (Wildman–Crippen LogP) is 4.47. The molecule has 0 unspecified atom stereocenters. The van der Waals surface area contributed by atoms with Crippen molar-refractivity contribution in [3.05, 3.63) is 65.7 Å². The second-order valence-electron chi connectivity index (χ2n) is 8.35. The molecule has 0 aliphatic carbocycles. The zero-order valence-electron chi connectivity index (χ0n) is 19.1. The predicted molar refractivity (Wildman–Crippen MR) is 133 cm³/mol. The smallest absolute Gasteiger partial charge is 0.231 e. The van der Waals surface area contributed by atoms with Crippen molar-refractivity contribution in [2.45, 2.75) is 38.0 Å². The van der Waals surface area contributed by atoms with E-state index in [0.29, 0.717) is 22.5 Å². The standard InChI is InChI=1S/C24H24ClN7OS/c1-16(2)24(3,14-26)28-22(33)13-34-23-30-29-21(32(23)19-10-6-4-8-17(19)25)12-31-15-27-18-9-5-7-11-20(18)31/h4-11,15-16H,12-13H2,1-3H3,(H,28,33)/t24-/m0/s1. The van der Waals surface area contributed by atoms with Gasteiger partial charge in [-0.2, -0.15) is 5.26 Å². The molecule has 8 nitrogen and oxygen atoms in total. The number of nitrogens with zero attached hydrogens (tertiary/aromatic N) is 6. The summed E-state index contributed by atoms with van der Waals surface area (Å²) in [4.78, 5) is 17.1. The lowest BCUT2D eigenvalue weighted by atomic mass is 9.90. The Morgan fingerprint density at radius 2 is 1.94 bits per heavy atom. The molecule has 4 aromatic rings. The zero-order chi connectivity index (χ0) is 24.3. The maximum absolute atomic E-state index is 12.6. The van der Waals surface area contributed by atoms with Gasteiger partial charge in [0.2, 0.25) is 5.91 Å². The van der Waals surface area contributed by atoms with Crippen LogP contribution in [0.1, 0.15) is 26.6 Å². The van der Waals surface area contributed by atoms with Crippen molar-refractivity contribution < 1.29 is 4.79 Å². The van der Waals surface area contributed by atoms with E-state index in [1.807, 2.05) is 65.4 Å². The van der Waals surface area contributed by atoms with Crippen molar-refractivity contribution in [2.75, 3.05) is 5.75 Å². The summed E-state index contributed by atoms with van der Waals surface area (Å²) in [5.41, 5.74) is 1.65. The average molecular weight is 494 g/mol. The largest absolute Gasteiger partial charge is 0.337 e. The van der Waals surface area contributed by atoms with Crippen molar-refractivity contribution in [3.63, 3.8) is 0 Å². The maximum atomic E-state index is 12.6. The SMILES string of the molecule is CC(C)[C@](C)(C#N)NC(=O)CSc1nnc(Cn2cnc3ccccc32)n1-c1ccccc1Cl. The molecule has 2 aromatic carbocycles. The topological polar surface area (TPSA) is 101 Å². The highest BCUT2D eigenvalue weighted by atomic mass is 35.5. The van der Waals surface area contributed by atoms with Gasteiger partial charge in [-0.05, 0) is 37.1 Å². The average Bonchev–Trinajstić information content (AvgIpc) is 3.42. The molecule has 0 aliphatic rings. The molecule has 0 spiro atoms. The summed E-state index contributed by atoms with van der Waals surface area (Å²) in [6, 6.07) is 17.5. The molecule has 0 saturated carbocycles. The van der Waals surface area contributed by atoms with E-state index in [2.05, 4.69) is 26.6 Å². The number of carbonyl (C=O) groups is 1. The second kappa shape index (κ2) is 9.87. The number of benzene rings is 2. The molecule has 10 heteroatoms. The molecule has 2 heterocycles. The minimum Gasteiger partial charge on any atom is -0.337 e. The first-order valence-corrected chi connectivity index (χ1v) is 12.1. The summed E-state index contributed by atoms with van der Waals surface area (Å²) < 4.78 is 3.86. The molecule has 0 radical (unpaired) electrons. The van der Waals surface area contributed by atoms with Crippen LogP contribution in [0.3, 0.4) is 0 Å². The quantitative estimate of drug-likeness (QED) is 0.363. The summed E-state index contributed by atoms with van der Waals surface area (Å²) in [6.07, 6.45) is 1.77. The van der Waals surface area contributed by atoms with Gasteiger partial charge in [0.25, 0.3) is 0 Å². The van der Waals surface area contributed by atoms with Gasteiger partial charge in [0.1, 0.15) is 5.54 Å². The van der Waals surface area contributed by atoms with Crippen LogP contribution in [0.5, 0.6) is 0 Å². The zero-order valence-corrected chi connectivity index (χ0v) is 20.6. The highest BCUT2D eigenvalue weighted by Gasteiger charge is 2.30. The number of thioether (sulfide) groups is 1. The molecule has 1 amide bonds. The molecular formula is C24H24ClN7OS. The molecule has 34 heavy (non-hydrogen) atoms. The summed E-state index contributed by atoms with van der Waals surface area (Å²) in [5, 5.41) is 22.2. The van der Waals surface area contributed by atoms with Gasteiger partial charge in [-0.15, -0.1) is 10.2 Å². The maximum Gasteiger partial charge on any atom is 0.231 e. The van der Waals surface area contributed by atoms with Crippen LogP contribution in [-0.2, 0) is 11.3 Å². The number of hydrogen-bond acceptors (Lipinski definition) is 6. The number of aromatic nitrogens is 5. The van der Waals surface area contributed by atoms with Gasteiger partial charge >= 0.3 is 0 Å². The first-order valence-electron chi connectivity index (χ1n) is 10.8. The normalized spacial score (nSPS) is 13.1. The Morgan fingerprint density at radius 1 is 1.21 bits per heavy atom. The Kier molecular flexibility index (Phi) is 6.91. The van der Waals surface area contributed by atoms with Crippen LogP contribution in [-0.4, -0.2) is 41.5 Å². The number of halogens is 1. The summed E-state index contributed by atoms with van der Waals surface area (Å²) in [7, 11) is 0. The van der Waals surface area contributed by atoms with Crippen LogP contribution in [0.4, 0.5) is 0 Å². The Bertz CT molecular complexity index is 1370. The Hall–Kier alpha value is -3.35. The van der Waals surface area contributed by atoms with Crippen molar-refractivity contribution >= 4 is 40.3 Å². The van der Waals surface area contributed by atoms with E-state index in [0.717, 1.165) is 16.7 Å². The fourth-order valence-electron chi connectivity index (χ4n) is 3.42. The van der Waals surface area contributed by atoms with Crippen molar-refractivity contribution in [2.24, 2.45) is 5.92 Å². The van der Waals surface area contributed by atoms with E-state index in [9.17, 15) is 10.1 Å². The van der Waals surface area contributed by atoms with Gasteiger partial charge < -0.3 is 9.88 Å². The third kappa shape index (κ3) is 4.79. The van der Waals surface area contributed by atoms with E-state index in [4.69, 9.17) is 11.6 Å². The van der Waals surface area contributed by atoms with Crippen molar-refractivity contribution in [3.8, 4) is 11.8 Å². The van der Waals surface area contributed by atoms with Crippen LogP contribution in [0.25, 0.3) is 16.7 Å². The molecule has 0 saturated heterocycles. The van der Waals surface area contributed by atoms with Crippen LogP contribution in [0, 0.1) is 17.2 Å². The number of fused-ring (bicyclic) bond motifs is 1. The fourth-order valence-corrected chi connectivity index (χ4v) is 4.40. The fraction of sp³-hybridized carbons (Fsp3) is 0.292. The number of rotatable bonds is 8. The van der Waals surface area contributed by atoms with E-state index < -0.39 is 5.54 Å². The van der Waals surface area contributed by atoms with Gasteiger partial charge in [-0.25, -0.2) is 4.98 Å². The van der Waals surface area contributed by atoms with E-state index in [1.54, 1.807) is 19.3 Å². The third-order valence-corrected chi connectivity index (χ3v) is 7.00. The molecule has 0 fully saturated rings. The number of nitriles is 1. The van der Waals surface area contributed by atoms with Gasteiger partial charge in [0, 0.05) is 0 Å². The van der Waals surface area contributed by atoms with Gasteiger partial charge in [-0.3, -0.25) is 9.36 Å². The van der Waals surface area contributed by atoms with Gasteiger partial charge in [-0.1, -0.05) is 61.5 Å². The monoisotopic (exact) mass is 493 g/mol.